The van der Waals surface area contributed by atoms with E-state index < -0.39 is 0 Å². The lowest BCUT2D eigenvalue weighted by molar-refractivity contribution is 0.721. The van der Waals surface area contributed by atoms with E-state index in [4.69, 9.17) is 17.4 Å². The Labute approximate surface area is 130 Å². The largest absolute Gasteiger partial charge is 0.353 e. The van der Waals surface area contributed by atoms with E-state index in [1.54, 1.807) is 0 Å². The average molecular weight is 306 g/mol. The van der Waals surface area contributed by atoms with Crippen LogP contribution in [0.1, 0.15) is 29.9 Å². The summed E-state index contributed by atoms with van der Waals surface area (Å²) in [5, 5.41) is 0.729. The molecule has 0 aliphatic rings. The first kappa shape index (κ1) is 15.5. The van der Waals surface area contributed by atoms with Gasteiger partial charge in [-0.25, -0.2) is 15.8 Å². The van der Waals surface area contributed by atoms with E-state index in [0.717, 1.165) is 22.0 Å². The van der Waals surface area contributed by atoms with Crippen molar-refractivity contribution in [2.45, 2.75) is 26.8 Å². The molecule has 6 heteroatoms. The Morgan fingerprint density at radius 1 is 1.29 bits per heavy atom. The van der Waals surface area contributed by atoms with Gasteiger partial charge in [0.25, 0.3) is 0 Å². The molecule has 0 saturated carbocycles. The predicted octanol–water partition coefficient (Wildman–Crippen LogP) is 3.23. The highest BCUT2D eigenvalue weighted by atomic mass is 35.5. The number of nitrogens with one attached hydrogen (secondary N) is 1. The number of rotatable bonds is 4. The number of nitrogen functional groups attached to an aromatic ring is 1. The smallest absolute Gasteiger partial charge is 0.148 e. The Kier molecular flexibility index (Phi) is 4.65. The van der Waals surface area contributed by atoms with Crippen LogP contribution in [0.25, 0.3) is 0 Å². The van der Waals surface area contributed by atoms with E-state index in [1.807, 2.05) is 39.1 Å². The molecule has 0 fully saturated rings. The highest BCUT2D eigenvalue weighted by Crippen LogP contribution is 2.29. The Morgan fingerprint density at radius 3 is 2.62 bits per heavy atom. The molecular formula is C15H20ClN5. The van der Waals surface area contributed by atoms with Gasteiger partial charge in [-0.2, -0.15) is 0 Å². The van der Waals surface area contributed by atoms with Crippen LogP contribution in [0.15, 0.2) is 24.3 Å². The van der Waals surface area contributed by atoms with Crippen LogP contribution in [0.4, 0.5) is 11.6 Å². The van der Waals surface area contributed by atoms with Crippen molar-refractivity contribution in [2.24, 2.45) is 5.84 Å². The van der Waals surface area contributed by atoms with Gasteiger partial charge in [0, 0.05) is 17.6 Å². The van der Waals surface area contributed by atoms with Crippen LogP contribution in [-0.4, -0.2) is 17.0 Å². The summed E-state index contributed by atoms with van der Waals surface area (Å²) in [7, 11) is 2.00. The minimum absolute atomic E-state index is 0.127. The fourth-order valence-electron chi connectivity index (χ4n) is 2.27. The first-order chi connectivity index (χ1) is 9.93. The summed E-state index contributed by atoms with van der Waals surface area (Å²) in [5.74, 6) is 7.69. The third kappa shape index (κ3) is 3.25. The summed E-state index contributed by atoms with van der Waals surface area (Å²) in [6.07, 6.45) is 0. The van der Waals surface area contributed by atoms with Crippen LogP contribution < -0.4 is 16.2 Å². The van der Waals surface area contributed by atoms with Gasteiger partial charge in [0.1, 0.15) is 17.5 Å². The van der Waals surface area contributed by atoms with E-state index in [0.29, 0.717) is 11.6 Å². The fraction of sp³-hybridized carbons (Fsp3) is 0.333. The molecule has 0 bridgehead atoms. The molecule has 0 aliphatic heterocycles. The standard InChI is InChI=1S/C15H20ClN5/c1-9-14(20-17)18-11(3)19-15(9)21(4)10(2)12-6-5-7-13(16)8-12/h5-8,10H,17H2,1-4H3,(H,18,19,20). The van der Waals surface area contributed by atoms with E-state index in [9.17, 15) is 0 Å². The number of halogens is 1. The molecule has 0 aliphatic carbocycles. The van der Waals surface area contributed by atoms with Gasteiger partial charge in [0.2, 0.25) is 0 Å². The second kappa shape index (κ2) is 6.28. The highest BCUT2D eigenvalue weighted by Gasteiger charge is 2.18. The molecule has 0 spiro atoms. The van der Waals surface area contributed by atoms with E-state index in [1.165, 1.54) is 0 Å². The van der Waals surface area contributed by atoms with Gasteiger partial charge in [-0.3, -0.25) is 0 Å². The van der Waals surface area contributed by atoms with Gasteiger partial charge in [0.05, 0.1) is 6.04 Å². The summed E-state index contributed by atoms with van der Waals surface area (Å²) in [6.45, 7) is 5.91. The van der Waals surface area contributed by atoms with Gasteiger partial charge in [-0.15, -0.1) is 0 Å². The Morgan fingerprint density at radius 2 is 2.00 bits per heavy atom. The molecular weight excluding hydrogens is 286 g/mol. The van der Waals surface area contributed by atoms with Gasteiger partial charge in [-0.05, 0) is 38.5 Å². The summed E-state index contributed by atoms with van der Waals surface area (Å²) < 4.78 is 0. The Hall–Kier alpha value is -1.85. The van der Waals surface area contributed by atoms with Crippen molar-refractivity contribution in [1.29, 1.82) is 0 Å². The van der Waals surface area contributed by atoms with Crippen molar-refractivity contribution >= 4 is 23.2 Å². The number of nitrogens with zero attached hydrogens (tertiary/aromatic N) is 3. The van der Waals surface area contributed by atoms with E-state index >= 15 is 0 Å². The molecule has 21 heavy (non-hydrogen) atoms. The lowest BCUT2D eigenvalue weighted by Gasteiger charge is -2.28. The molecule has 2 aromatic rings. The first-order valence-corrected chi connectivity index (χ1v) is 7.12. The number of anilines is 2. The van der Waals surface area contributed by atoms with Gasteiger partial charge < -0.3 is 10.3 Å². The third-order valence-electron chi connectivity index (χ3n) is 3.61. The molecule has 0 saturated heterocycles. The summed E-state index contributed by atoms with van der Waals surface area (Å²) >= 11 is 6.07. The maximum absolute atomic E-state index is 6.07. The number of hydrogen-bond donors (Lipinski definition) is 2. The normalized spacial score (nSPS) is 12.1. The number of aryl methyl sites for hydroxylation is 1. The van der Waals surface area contributed by atoms with Crippen LogP contribution in [0.2, 0.25) is 5.02 Å². The third-order valence-corrected chi connectivity index (χ3v) is 3.85. The average Bonchev–Trinajstić information content (AvgIpc) is 2.47. The quantitative estimate of drug-likeness (QED) is 0.670. The molecule has 112 valence electrons. The maximum Gasteiger partial charge on any atom is 0.148 e. The molecule has 1 atom stereocenters. The van der Waals surface area contributed by atoms with Crippen molar-refractivity contribution in [3.63, 3.8) is 0 Å². The first-order valence-electron chi connectivity index (χ1n) is 6.74. The summed E-state index contributed by atoms with van der Waals surface area (Å²) in [4.78, 5) is 10.9. The molecule has 0 amide bonds. The lowest BCUT2D eigenvalue weighted by atomic mass is 10.1. The van der Waals surface area contributed by atoms with Crippen LogP contribution >= 0.6 is 11.6 Å². The van der Waals surface area contributed by atoms with Crippen LogP contribution in [0, 0.1) is 13.8 Å². The molecule has 1 aromatic carbocycles. The van der Waals surface area contributed by atoms with E-state index in [-0.39, 0.29) is 6.04 Å². The van der Waals surface area contributed by atoms with Crippen LogP contribution in [-0.2, 0) is 0 Å². The zero-order chi connectivity index (χ0) is 15.6. The summed E-state index contributed by atoms with van der Waals surface area (Å²) in [6, 6.07) is 7.97. The number of hydrogen-bond acceptors (Lipinski definition) is 5. The van der Waals surface area contributed by atoms with Gasteiger partial charge in [0.15, 0.2) is 0 Å². The van der Waals surface area contributed by atoms with E-state index in [2.05, 4.69) is 33.3 Å². The molecule has 1 heterocycles. The second-order valence-corrected chi connectivity index (χ2v) is 5.49. The highest BCUT2D eigenvalue weighted by molar-refractivity contribution is 6.30. The Balaban J connectivity index is 2.40. The fourth-order valence-corrected chi connectivity index (χ4v) is 2.47. The van der Waals surface area contributed by atoms with Crippen LogP contribution in [0.3, 0.4) is 0 Å². The zero-order valence-electron chi connectivity index (χ0n) is 12.7. The number of benzene rings is 1. The van der Waals surface area contributed by atoms with Gasteiger partial charge >= 0.3 is 0 Å². The SMILES string of the molecule is Cc1nc(NN)c(C)c(N(C)C(C)c2cccc(Cl)c2)n1. The topological polar surface area (TPSA) is 67.1 Å². The van der Waals surface area contributed by atoms with Crippen molar-refractivity contribution in [3.8, 4) is 0 Å². The molecule has 1 unspecified atom stereocenters. The number of nitrogens with two attached hydrogens (primary N) is 1. The minimum Gasteiger partial charge on any atom is -0.353 e. The van der Waals surface area contributed by atoms with Gasteiger partial charge in [-0.1, -0.05) is 23.7 Å². The molecule has 1 aromatic heterocycles. The Bertz CT molecular complexity index is 644. The van der Waals surface area contributed by atoms with Crippen molar-refractivity contribution in [2.75, 3.05) is 17.4 Å². The van der Waals surface area contributed by atoms with Crippen LogP contribution in [0.5, 0.6) is 0 Å². The molecule has 3 N–H and O–H groups in total. The minimum atomic E-state index is 0.127. The zero-order valence-corrected chi connectivity index (χ0v) is 13.4. The molecule has 2 rings (SSSR count). The number of hydrazine groups is 1. The summed E-state index contributed by atoms with van der Waals surface area (Å²) in [5.41, 5.74) is 4.66. The van der Waals surface area contributed by atoms with Crippen molar-refractivity contribution < 1.29 is 0 Å². The van der Waals surface area contributed by atoms with Crippen molar-refractivity contribution in [3.05, 3.63) is 46.2 Å². The predicted molar refractivity (Wildman–Crippen MR) is 87.6 cm³/mol. The molecule has 0 radical (unpaired) electrons. The van der Waals surface area contributed by atoms with Crippen molar-refractivity contribution in [1.82, 2.24) is 9.97 Å². The monoisotopic (exact) mass is 305 g/mol. The number of aromatic nitrogens is 2. The second-order valence-electron chi connectivity index (χ2n) is 5.05. The lowest BCUT2D eigenvalue weighted by Crippen LogP contribution is -2.25. The maximum atomic E-state index is 6.07. The molecule has 5 nitrogen and oxygen atoms in total.